The number of benzene rings is 4. The van der Waals surface area contributed by atoms with E-state index in [2.05, 4.69) is 25.5 Å². The number of rotatable bonds is 9. The van der Waals surface area contributed by atoms with E-state index in [1.807, 2.05) is 0 Å². The number of sulfonamides is 2. The van der Waals surface area contributed by atoms with E-state index in [9.17, 15) is 31.8 Å². The van der Waals surface area contributed by atoms with Gasteiger partial charge in [0.25, 0.3) is 10.0 Å². The number of phenolic OH excluding ortho intramolecular Hbond substituents is 1. The third-order valence-electron chi connectivity index (χ3n) is 5.39. The summed E-state index contributed by atoms with van der Waals surface area (Å²) in [7, 11) is -8.31. The van der Waals surface area contributed by atoms with Crippen LogP contribution < -0.4 is 15.3 Å². The fraction of sp³-hybridized carbons (Fsp3) is 0. The Morgan fingerprint density at radius 2 is 1.50 bits per heavy atom. The normalized spacial score (nSPS) is 12.0. The molecule has 4 aromatic rings. The molecule has 4 rings (SSSR count). The minimum atomic E-state index is -4.25. The van der Waals surface area contributed by atoms with Gasteiger partial charge in [-0.05, 0) is 48.5 Å². The molecule has 0 unspecified atom stereocenters. The van der Waals surface area contributed by atoms with E-state index in [0.29, 0.717) is 5.56 Å². The van der Waals surface area contributed by atoms with Crippen LogP contribution in [0.3, 0.4) is 0 Å². The smallest absolute Gasteiger partial charge is 0.337 e. The van der Waals surface area contributed by atoms with Crippen LogP contribution in [0.2, 0.25) is 0 Å². The number of anilines is 2. The Balaban J connectivity index is 0.00000484. The van der Waals surface area contributed by atoms with Crippen LogP contribution >= 0.6 is 0 Å². The zero-order valence-corrected chi connectivity index (χ0v) is 23.8. The number of hydrogen-bond acceptors (Lipinski definition) is 9. The number of primary sulfonamides is 1. The first-order chi connectivity index (χ1) is 19.4. The van der Waals surface area contributed by atoms with Gasteiger partial charge in [0.1, 0.15) is 11.4 Å². The first kappa shape index (κ1) is 31.9. The van der Waals surface area contributed by atoms with Crippen molar-refractivity contribution in [2.75, 3.05) is 10.1 Å². The molecule has 0 atom stereocenters. The number of carbonyl (C=O) groups is 1. The van der Waals surface area contributed by atoms with Crippen molar-refractivity contribution >= 4 is 48.9 Å². The van der Waals surface area contributed by atoms with Crippen LogP contribution in [0, 0.1) is 0 Å². The van der Waals surface area contributed by atoms with Crippen LogP contribution in [0.15, 0.2) is 122 Å². The number of nitrogens with zero attached hydrogens (tertiary/aromatic N) is 3. The van der Waals surface area contributed by atoms with Gasteiger partial charge in [-0.2, -0.15) is 5.10 Å². The molecule has 0 aliphatic rings. The molecule has 0 bridgehead atoms. The summed E-state index contributed by atoms with van der Waals surface area (Å²) in [6.45, 7) is 0. The molecule has 221 valence electrons. The number of hydrogen-bond donors (Lipinski definition) is 5. The van der Waals surface area contributed by atoms with Gasteiger partial charge in [0.05, 0.1) is 26.7 Å². The van der Waals surface area contributed by atoms with E-state index in [1.165, 1.54) is 30.3 Å². The predicted octanol–water partition coefficient (Wildman–Crippen LogP) is 4.09. The average molecular weight is 658 g/mol. The topological polar surface area (TPSA) is 213 Å². The Morgan fingerprint density at radius 1 is 0.810 bits per heavy atom. The monoisotopic (exact) mass is 657 g/mol. The Morgan fingerprint density at radius 3 is 2.19 bits per heavy atom. The summed E-state index contributed by atoms with van der Waals surface area (Å²) >= 11 is 0. The number of phenols is 1. The number of nitrogens with two attached hydrogens (primary N) is 1. The quantitative estimate of drug-likeness (QED) is 0.0440. The van der Waals surface area contributed by atoms with Crippen molar-refractivity contribution in [1.82, 2.24) is 0 Å². The van der Waals surface area contributed by atoms with Crippen molar-refractivity contribution in [1.29, 1.82) is 0 Å². The molecule has 0 saturated carbocycles. The SMILES string of the molecule is NS(=O)(=O)c1cccc(NS(=O)(=O)c2ccc(O)c(N/N=C(\N=Nc3ccccc3C(=O)O)c3ccccc3)c2)c1.[Cu]. The zero-order valence-electron chi connectivity index (χ0n) is 21.2. The van der Waals surface area contributed by atoms with Gasteiger partial charge in [0.2, 0.25) is 15.9 Å². The Bertz CT molecular complexity index is 1880. The third-order valence-corrected chi connectivity index (χ3v) is 7.68. The van der Waals surface area contributed by atoms with Crippen LogP contribution in [0.5, 0.6) is 5.75 Å². The summed E-state index contributed by atoms with van der Waals surface area (Å²) in [5, 5.41) is 37.2. The van der Waals surface area contributed by atoms with Crippen molar-refractivity contribution in [3.8, 4) is 5.75 Å². The van der Waals surface area contributed by atoms with Crippen LogP contribution in [-0.2, 0) is 37.1 Å². The number of hydrazone groups is 1. The molecule has 0 heterocycles. The standard InChI is InChI=1S/C26H22N6O7S2.Cu/c27-40(36,37)19-10-6-9-18(15-19)32-41(38,39)20-13-14-24(33)23(16-20)29-31-25(17-7-2-1-3-8-17)30-28-22-12-5-4-11-21(22)26(34)35;/h1-16,29,32-33H,(H,34,35)(H2,27,36,37);/b30-28?,31-25-;. The first-order valence-electron chi connectivity index (χ1n) is 11.6. The second-order valence-corrected chi connectivity index (χ2v) is 11.5. The fourth-order valence-corrected chi connectivity index (χ4v) is 5.05. The van der Waals surface area contributed by atoms with Gasteiger partial charge in [-0.1, -0.05) is 48.5 Å². The minimum absolute atomic E-state index is 0. The third kappa shape index (κ3) is 7.99. The number of carboxylic acid groups (broad SMARTS) is 1. The molecule has 0 amide bonds. The number of aromatic carboxylic acids is 1. The van der Waals surface area contributed by atoms with Gasteiger partial charge in [-0.3, -0.25) is 10.1 Å². The van der Waals surface area contributed by atoms with Crippen molar-refractivity contribution in [3.63, 3.8) is 0 Å². The summed E-state index contributed by atoms with van der Waals surface area (Å²) in [6, 6.07) is 22.8. The summed E-state index contributed by atoms with van der Waals surface area (Å²) in [5.41, 5.74) is 2.90. The molecule has 6 N–H and O–H groups in total. The number of aromatic hydroxyl groups is 1. The summed E-state index contributed by atoms with van der Waals surface area (Å²) in [4.78, 5) is 10.9. The molecule has 13 nitrogen and oxygen atoms in total. The van der Waals surface area contributed by atoms with E-state index in [-0.39, 0.29) is 61.1 Å². The van der Waals surface area contributed by atoms with Crippen molar-refractivity contribution in [2.24, 2.45) is 20.5 Å². The van der Waals surface area contributed by atoms with Gasteiger partial charge >= 0.3 is 5.97 Å². The van der Waals surface area contributed by atoms with E-state index in [0.717, 1.165) is 24.3 Å². The van der Waals surface area contributed by atoms with E-state index in [4.69, 9.17) is 5.14 Å². The Kier molecular flexibility index (Phi) is 10.2. The second-order valence-electron chi connectivity index (χ2n) is 8.29. The van der Waals surface area contributed by atoms with Gasteiger partial charge in [0, 0.05) is 22.6 Å². The molecular weight excluding hydrogens is 636 g/mol. The van der Waals surface area contributed by atoms with Crippen LogP contribution in [-0.4, -0.2) is 38.9 Å². The zero-order chi connectivity index (χ0) is 29.6. The van der Waals surface area contributed by atoms with E-state index in [1.54, 1.807) is 42.5 Å². The Labute approximate surface area is 251 Å². The predicted molar refractivity (Wildman–Crippen MR) is 151 cm³/mol. The van der Waals surface area contributed by atoms with Gasteiger partial charge in [-0.25, -0.2) is 26.8 Å². The molecule has 0 aromatic heterocycles. The fourth-order valence-electron chi connectivity index (χ4n) is 3.41. The molecule has 0 saturated heterocycles. The van der Waals surface area contributed by atoms with Crippen LogP contribution in [0.1, 0.15) is 15.9 Å². The summed E-state index contributed by atoms with van der Waals surface area (Å²) in [5.74, 6) is -1.54. The van der Waals surface area contributed by atoms with Crippen molar-refractivity contribution < 1.29 is 48.9 Å². The molecule has 16 heteroatoms. The molecule has 4 aromatic carbocycles. The maximum Gasteiger partial charge on any atom is 0.337 e. The molecule has 42 heavy (non-hydrogen) atoms. The second kappa shape index (κ2) is 13.4. The number of nitrogens with one attached hydrogen (secondary N) is 2. The molecule has 1 radical (unpaired) electrons. The number of carboxylic acids is 1. The average Bonchev–Trinajstić information content (AvgIpc) is 2.94. The summed E-state index contributed by atoms with van der Waals surface area (Å²) in [6.07, 6.45) is 0. The molecule has 0 fully saturated rings. The molecule has 0 spiro atoms. The largest absolute Gasteiger partial charge is 0.506 e. The van der Waals surface area contributed by atoms with Crippen molar-refractivity contribution in [3.05, 3.63) is 108 Å². The van der Waals surface area contributed by atoms with Gasteiger partial charge in [-0.15, -0.1) is 10.2 Å². The summed E-state index contributed by atoms with van der Waals surface area (Å²) < 4.78 is 51.5. The van der Waals surface area contributed by atoms with Gasteiger partial charge < -0.3 is 10.2 Å². The molecule has 0 aliphatic heterocycles. The van der Waals surface area contributed by atoms with Gasteiger partial charge in [0.15, 0.2) is 0 Å². The minimum Gasteiger partial charge on any atom is -0.506 e. The maximum absolute atomic E-state index is 13.0. The first-order valence-corrected chi connectivity index (χ1v) is 14.6. The number of azo groups is 1. The number of amidine groups is 1. The van der Waals surface area contributed by atoms with Crippen molar-refractivity contribution in [2.45, 2.75) is 9.79 Å². The Hall–Kier alpha value is -4.60. The van der Waals surface area contributed by atoms with E-state index < -0.39 is 26.0 Å². The van der Waals surface area contributed by atoms with Crippen LogP contribution in [0.25, 0.3) is 0 Å². The maximum atomic E-state index is 13.0. The molecular formula is C26H22CuN6O7S2. The molecule has 0 aliphatic carbocycles. The van der Waals surface area contributed by atoms with E-state index >= 15 is 0 Å². The van der Waals surface area contributed by atoms with Crippen LogP contribution in [0.4, 0.5) is 17.1 Å².